The molecule has 0 aliphatic heterocycles. The molecule has 0 atom stereocenters. The molecule has 2 heteroatoms. The fraction of sp³-hybridized carbons (Fsp3) is 1.00. The van der Waals surface area contributed by atoms with Crippen LogP contribution in [0.5, 0.6) is 0 Å². The Morgan fingerprint density at radius 1 is 0.256 bits per heavy atom. The lowest BCUT2D eigenvalue weighted by atomic mass is 10.0. The molecule has 0 saturated heterocycles. The average Bonchev–Trinajstić information content (AvgIpc) is 3.00. The van der Waals surface area contributed by atoms with Crippen molar-refractivity contribution in [3.63, 3.8) is 0 Å². The summed E-state index contributed by atoms with van der Waals surface area (Å²) in [5, 5.41) is 0. The van der Waals surface area contributed by atoms with Crippen molar-refractivity contribution < 1.29 is 0 Å². The molecule has 0 rings (SSSR count). The third kappa shape index (κ3) is 38.6. The van der Waals surface area contributed by atoms with Gasteiger partial charge in [0.25, 0.3) is 0 Å². The molecule has 0 radical (unpaired) electrons. The molecule has 0 aromatic carbocycles. The summed E-state index contributed by atoms with van der Waals surface area (Å²) >= 11 is 7.03. The molecule has 0 amide bonds. The summed E-state index contributed by atoms with van der Waals surface area (Å²) in [4.78, 5) is 0. The Morgan fingerprint density at radius 3 is 0.558 bits per heavy atom. The summed E-state index contributed by atoms with van der Waals surface area (Å²) < 4.78 is 0. The monoisotopic (exact) mass is 641 g/mol. The fourth-order valence-electron chi connectivity index (χ4n) is 6.92. The predicted octanol–water partition coefficient (Wildman–Crippen LogP) is 16.9. The minimum absolute atomic E-state index is 1.35. The molecule has 260 valence electrons. The van der Waals surface area contributed by atoms with E-state index in [0.717, 1.165) is 0 Å². The fourth-order valence-corrected chi connectivity index (χ4v) is 9.94. The van der Waals surface area contributed by atoms with Crippen molar-refractivity contribution in [2.75, 3.05) is 0 Å². The summed E-state index contributed by atoms with van der Waals surface area (Å²) in [6, 6.07) is 2.71. The van der Waals surface area contributed by atoms with E-state index in [1.807, 2.05) is 0 Å². The van der Waals surface area contributed by atoms with Crippen molar-refractivity contribution in [2.45, 2.75) is 264 Å². The zero-order valence-electron chi connectivity index (χ0n) is 30.7. The second kappa shape index (κ2) is 37.0. The Bertz CT molecular complexity index is 448. The van der Waals surface area contributed by atoms with Gasteiger partial charge in [-0.25, -0.2) is 0 Å². The van der Waals surface area contributed by atoms with Crippen LogP contribution >= 0.6 is 11.1 Å². The molecule has 0 bridgehead atoms. The predicted molar refractivity (Wildman–Crippen MR) is 205 cm³/mol. The third-order valence-corrected chi connectivity index (χ3v) is 14.0. The molecule has 0 aromatic heterocycles. The summed E-state index contributed by atoms with van der Waals surface area (Å²) in [5.41, 5.74) is 0. The van der Waals surface area contributed by atoms with Crippen LogP contribution in [0.15, 0.2) is 0 Å². The van der Waals surface area contributed by atoms with E-state index in [2.05, 4.69) is 20.4 Å². The highest BCUT2D eigenvalue weighted by atomic mass is 35.6. The molecule has 0 nitrogen and oxygen atoms in total. The van der Waals surface area contributed by atoms with Crippen molar-refractivity contribution in [1.29, 1.82) is 0 Å². The lowest BCUT2D eigenvalue weighted by molar-refractivity contribution is 0.526. The molecule has 0 spiro atoms. The quantitative estimate of drug-likeness (QED) is 0.0358. The first kappa shape index (κ1) is 43.5. The Balaban J connectivity index is 3.25. The Hall–Kier alpha value is 0.507. The Kier molecular flexibility index (Phi) is 37.4. The van der Waals surface area contributed by atoms with Gasteiger partial charge in [-0.1, -0.05) is 252 Å². The minimum atomic E-state index is -1.45. The zero-order valence-corrected chi connectivity index (χ0v) is 32.5. The molecule has 0 aliphatic carbocycles. The third-order valence-electron chi connectivity index (χ3n) is 10.1. The first-order chi connectivity index (χ1) is 21.1. The van der Waals surface area contributed by atoms with Gasteiger partial charge in [-0.15, -0.1) is 0 Å². The topological polar surface area (TPSA) is 0 Å². The lowest BCUT2D eigenvalue weighted by Gasteiger charge is -2.19. The van der Waals surface area contributed by atoms with Gasteiger partial charge < -0.3 is 0 Å². The van der Waals surface area contributed by atoms with Gasteiger partial charge >= 0.3 is 0 Å². The van der Waals surface area contributed by atoms with Gasteiger partial charge in [0.05, 0.1) is 0 Å². The van der Waals surface area contributed by atoms with E-state index in [4.69, 9.17) is 11.1 Å². The van der Waals surface area contributed by atoms with Crippen molar-refractivity contribution >= 4 is 18.5 Å². The minimum Gasteiger partial charge on any atom is -0.167 e. The standard InChI is InChI=1S/C41H85ClSi/c1-4-6-8-10-12-14-16-18-20-22-24-26-28-30-32-34-36-38-40-43(3,42)41-39-37-35-33-31-29-27-25-23-21-19-17-15-13-11-9-7-5-2/h4-41H2,1-3H3. The van der Waals surface area contributed by atoms with E-state index in [0.29, 0.717) is 0 Å². The summed E-state index contributed by atoms with van der Waals surface area (Å²) in [6.07, 6.45) is 52.5. The molecule has 0 saturated carbocycles. The van der Waals surface area contributed by atoms with Gasteiger partial charge in [-0.2, -0.15) is 11.1 Å². The summed E-state index contributed by atoms with van der Waals surface area (Å²) in [5.74, 6) is 0. The number of unbranched alkanes of at least 4 members (excludes halogenated alkanes) is 34. The van der Waals surface area contributed by atoms with Crippen LogP contribution in [0.1, 0.15) is 245 Å². The highest BCUT2D eigenvalue weighted by molar-refractivity contribution is 7.19. The maximum Gasteiger partial charge on any atom is 0.153 e. The van der Waals surface area contributed by atoms with Gasteiger partial charge in [0, 0.05) is 0 Å². The maximum absolute atomic E-state index is 7.03. The van der Waals surface area contributed by atoms with Crippen LogP contribution in [0.2, 0.25) is 18.6 Å². The van der Waals surface area contributed by atoms with Gasteiger partial charge in [-0.05, 0) is 12.1 Å². The van der Waals surface area contributed by atoms with Crippen LogP contribution in [0.3, 0.4) is 0 Å². The van der Waals surface area contributed by atoms with Crippen molar-refractivity contribution in [1.82, 2.24) is 0 Å². The molecule has 0 heterocycles. The lowest BCUT2D eigenvalue weighted by Crippen LogP contribution is -2.21. The number of rotatable bonds is 38. The van der Waals surface area contributed by atoms with Gasteiger partial charge in [-0.3, -0.25) is 0 Å². The molecule has 0 unspecified atom stereocenters. The second-order valence-corrected chi connectivity index (χ2v) is 21.5. The van der Waals surface area contributed by atoms with Crippen LogP contribution < -0.4 is 0 Å². The van der Waals surface area contributed by atoms with Crippen LogP contribution in [-0.4, -0.2) is 7.38 Å². The normalized spacial score (nSPS) is 12.0. The highest BCUT2D eigenvalue weighted by Crippen LogP contribution is 2.27. The van der Waals surface area contributed by atoms with Crippen LogP contribution in [0.4, 0.5) is 0 Å². The van der Waals surface area contributed by atoms with E-state index in [1.165, 1.54) is 243 Å². The summed E-state index contributed by atoms with van der Waals surface area (Å²) in [6.45, 7) is 7.06. The largest absolute Gasteiger partial charge is 0.167 e. The molecule has 0 fully saturated rings. The molecule has 43 heavy (non-hydrogen) atoms. The molecular formula is C41H85ClSi. The first-order valence-corrected chi connectivity index (χ1v) is 24.7. The van der Waals surface area contributed by atoms with Gasteiger partial charge in [0.15, 0.2) is 7.38 Å². The zero-order chi connectivity index (χ0) is 31.4. The highest BCUT2D eigenvalue weighted by Gasteiger charge is 2.22. The van der Waals surface area contributed by atoms with E-state index in [-0.39, 0.29) is 0 Å². The van der Waals surface area contributed by atoms with E-state index in [9.17, 15) is 0 Å². The Labute approximate surface area is 281 Å². The van der Waals surface area contributed by atoms with Crippen LogP contribution in [0.25, 0.3) is 0 Å². The van der Waals surface area contributed by atoms with Gasteiger partial charge in [0.2, 0.25) is 0 Å². The smallest absolute Gasteiger partial charge is 0.153 e. The van der Waals surface area contributed by atoms with E-state index in [1.54, 1.807) is 0 Å². The maximum atomic E-state index is 7.03. The average molecular weight is 642 g/mol. The van der Waals surface area contributed by atoms with Crippen molar-refractivity contribution in [3.05, 3.63) is 0 Å². The van der Waals surface area contributed by atoms with Crippen molar-refractivity contribution in [2.24, 2.45) is 0 Å². The number of hydrogen-bond donors (Lipinski definition) is 0. The number of halogens is 1. The van der Waals surface area contributed by atoms with E-state index < -0.39 is 7.38 Å². The molecule has 0 aliphatic rings. The van der Waals surface area contributed by atoms with Gasteiger partial charge in [0.1, 0.15) is 0 Å². The second-order valence-electron chi connectivity index (χ2n) is 14.9. The van der Waals surface area contributed by atoms with Crippen LogP contribution in [0, 0.1) is 0 Å². The molecule has 0 N–H and O–H groups in total. The first-order valence-electron chi connectivity index (χ1n) is 20.8. The molecular weight excluding hydrogens is 556 g/mol. The SMILES string of the molecule is CCCCCCCCCCCCCCCCCCCC[Si](C)(Cl)CCCCCCCCCCCCCCCCCCCC. The number of hydrogen-bond acceptors (Lipinski definition) is 0. The van der Waals surface area contributed by atoms with Crippen LogP contribution in [-0.2, 0) is 0 Å². The van der Waals surface area contributed by atoms with E-state index >= 15 is 0 Å². The van der Waals surface area contributed by atoms with Crippen molar-refractivity contribution in [3.8, 4) is 0 Å². The molecule has 0 aromatic rings. The Morgan fingerprint density at radius 2 is 0.395 bits per heavy atom. The summed E-state index contributed by atoms with van der Waals surface area (Å²) in [7, 11) is -1.45.